The molecule has 0 saturated carbocycles. The minimum Gasteiger partial charge on any atom is -0.497 e. The summed E-state index contributed by atoms with van der Waals surface area (Å²) in [6.07, 6.45) is 0. The highest BCUT2D eigenvalue weighted by Crippen LogP contribution is 2.55. The Hall–Kier alpha value is -2.38. The molecule has 30 heavy (non-hydrogen) atoms. The van der Waals surface area contributed by atoms with Crippen molar-refractivity contribution in [2.45, 2.75) is 31.3 Å². The van der Waals surface area contributed by atoms with Crippen LogP contribution in [0.3, 0.4) is 0 Å². The van der Waals surface area contributed by atoms with Crippen molar-refractivity contribution in [1.82, 2.24) is 10.2 Å². The van der Waals surface area contributed by atoms with Gasteiger partial charge in [-0.25, -0.2) is 4.79 Å². The van der Waals surface area contributed by atoms with Gasteiger partial charge in [-0.1, -0.05) is 29.8 Å². The van der Waals surface area contributed by atoms with Crippen LogP contribution in [0.15, 0.2) is 42.5 Å². The molecule has 0 radical (unpaired) electrons. The fourth-order valence-electron chi connectivity index (χ4n) is 4.00. The molecule has 3 amide bonds. The third-order valence-corrected chi connectivity index (χ3v) is 7.13. The number of anilines is 1. The van der Waals surface area contributed by atoms with E-state index in [9.17, 15) is 9.59 Å². The maximum Gasteiger partial charge on any atom is 0.319 e. The Labute approximate surface area is 185 Å². The van der Waals surface area contributed by atoms with Crippen LogP contribution in [0.25, 0.3) is 0 Å². The zero-order chi connectivity index (χ0) is 21.5. The third-order valence-electron chi connectivity index (χ3n) is 5.34. The molecule has 2 aliphatic rings. The van der Waals surface area contributed by atoms with Crippen molar-refractivity contribution in [1.29, 1.82) is 0 Å². The normalized spacial score (nSPS) is 20.2. The van der Waals surface area contributed by atoms with Crippen LogP contribution in [-0.2, 0) is 16.2 Å². The second kappa shape index (κ2) is 8.04. The molecule has 4 rings (SSSR count). The molecule has 0 unspecified atom stereocenters. The van der Waals surface area contributed by atoms with Gasteiger partial charge in [0.25, 0.3) is 5.91 Å². The van der Waals surface area contributed by atoms with Crippen molar-refractivity contribution < 1.29 is 14.3 Å². The maximum atomic E-state index is 13.9. The van der Waals surface area contributed by atoms with Gasteiger partial charge < -0.3 is 15.0 Å². The van der Waals surface area contributed by atoms with Crippen molar-refractivity contribution in [3.63, 3.8) is 0 Å². The number of nitrogens with one attached hydrogen (secondary N) is 1. The van der Waals surface area contributed by atoms with E-state index in [1.807, 2.05) is 56.3 Å². The Kier molecular flexibility index (Phi) is 5.59. The zero-order valence-electron chi connectivity index (χ0n) is 17.1. The molecular weight excluding hydrogens is 422 g/mol. The van der Waals surface area contributed by atoms with Gasteiger partial charge in [-0.3, -0.25) is 9.69 Å². The van der Waals surface area contributed by atoms with E-state index >= 15 is 0 Å². The number of hydrogen-bond donors (Lipinski definition) is 1. The monoisotopic (exact) mass is 445 g/mol. The van der Waals surface area contributed by atoms with Crippen LogP contribution in [0.4, 0.5) is 10.5 Å². The first-order valence-electron chi connectivity index (χ1n) is 9.84. The Morgan fingerprint density at radius 3 is 2.77 bits per heavy atom. The molecule has 1 saturated heterocycles. The van der Waals surface area contributed by atoms with E-state index in [1.165, 1.54) is 11.8 Å². The number of thioether (sulfide) groups is 1. The van der Waals surface area contributed by atoms with Crippen molar-refractivity contribution in [3.8, 4) is 5.75 Å². The number of amides is 3. The average Bonchev–Trinajstić information content (AvgIpc) is 3.26. The van der Waals surface area contributed by atoms with E-state index in [0.717, 1.165) is 16.8 Å². The molecule has 0 aliphatic carbocycles. The highest BCUT2D eigenvalue weighted by molar-refractivity contribution is 8.01. The molecular formula is C22H24ClN3O3S. The van der Waals surface area contributed by atoms with Crippen molar-refractivity contribution in [3.05, 3.63) is 58.6 Å². The van der Waals surface area contributed by atoms with Crippen molar-refractivity contribution >= 4 is 41.0 Å². The van der Waals surface area contributed by atoms with Crippen LogP contribution < -0.4 is 15.0 Å². The number of carbonyl (C=O) groups is 2. The van der Waals surface area contributed by atoms with Gasteiger partial charge in [0.1, 0.15) is 5.75 Å². The van der Waals surface area contributed by atoms with Gasteiger partial charge in [-0.2, -0.15) is 0 Å². The lowest BCUT2D eigenvalue weighted by atomic mass is 10.1. The molecule has 2 aliphatic heterocycles. The van der Waals surface area contributed by atoms with Crippen LogP contribution >= 0.6 is 23.4 Å². The molecule has 1 N–H and O–H groups in total. The number of carbonyl (C=O) groups excluding carboxylic acids is 2. The number of rotatable bonds is 4. The quantitative estimate of drug-likeness (QED) is 0.765. The predicted octanol–water partition coefficient (Wildman–Crippen LogP) is 4.22. The van der Waals surface area contributed by atoms with Crippen LogP contribution in [0.5, 0.6) is 5.75 Å². The van der Waals surface area contributed by atoms with Crippen LogP contribution in [-0.4, -0.2) is 42.3 Å². The first kappa shape index (κ1) is 20.9. The van der Waals surface area contributed by atoms with Crippen LogP contribution in [0.1, 0.15) is 25.0 Å². The summed E-state index contributed by atoms with van der Waals surface area (Å²) in [4.78, 5) is 29.2. The van der Waals surface area contributed by atoms with Crippen molar-refractivity contribution in [2.24, 2.45) is 0 Å². The number of benzene rings is 2. The first-order valence-corrected chi connectivity index (χ1v) is 11.2. The number of fused-ring (bicyclic) bond motifs is 2. The lowest BCUT2D eigenvalue weighted by molar-refractivity contribution is -0.123. The molecule has 1 spiro atoms. The standard InChI is InChI=1S/C22H24ClN3O3S/c1-14(2)24-21(28)26-10-11-30-22(26)17-12-16(29-3)8-9-19(17)25(20(22)27)13-15-6-4-5-7-18(15)23/h4-9,12,14H,10-11,13H2,1-3H3,(H,24,28)/t22-/m0/s1. The Morgan fingerprint density at radius 2 is 2.07 bits per heavy atom. The van der Waals surface area contributed by atoms with Gasteiger partial charge in [0.15, 0.2) is 4.87 Å². The largest absolute Gasteiger partial charge is 0.497 e. The lowest BCUT2D eigenvalue weighted by Gasteiger charge is -2.33. The van der Waals surface area contributed by atoms with Gasteiger partial charge in [0.2, 0.25) is 0 Å². The summed E-state index contributed by atoms with van der Waals surface area (Å²) in [5, 5.41) is 3.55. The molecule has 6 nitrogen and oxygen atoms in total. The summed E-state index contributed by atoms with van der Waals surface area (Å²) in [6.45, 7) is 4.64. The van der Waals surface area contributed by atoms with Gasteiger partial charge in [-0.15, -0.1) is 11.8 Å². The Balaban J connectivity index is 1.81. The summed E-state index contributed by atoms with van der Waals surface area (Å²) >= 11 is 7.86. The highest BCUT2D eigenvalue weighted by Gasteiger charge is 2.59. The van der Waals surface area contributed by atoms with Crippen LogP contribution in [0.2, 0.25) is 5.02 Å². The highest BCUT2D eigenvalue weighted by atomic mass is 35.5. The minimum absolute atomic E-state index is 0.0272. The van der Waals surface area contributed by atoms with Crippen molar-refractivity contribution in [2.75, 3.05) is 24.3 Å². The number of methoxy groups -OCH3 is 1. The molecule has 158 valence electrons. The Morgan fingerprint density at radius 1 is 1.30 bits per heavy atom. The van der Waals surface area contributed by atoms with E-state index in [2.05, 4.69) is 5.32 Å². The molecule has 0 aromatic heterocycles. The lowest BCUT2D eigenvalue weighted by Crippen LogP contribution is -2.54. The molecule has 2 aromatic carbocycles. The average molecular weight is 446 g/mol. The van der Waals surface area contributed by atoms with Gasteiger partial charge >= 0.3 is 6.03 Å². The summed E-state index contributed by atoms with van der Waals surface area (Å²) in [6, 6.07) is 12.8. The van der Waals surface area contributed by atoms with Gasteiger partial charge in [0, 0.05) is 28.9 Å². The van der Waals surface area contributed by atoms with E-state index < -0.39 is 4.87 Å². The molecule has 2 heterocycles. The molecule has 1 atom stereocenters. The number of ether oxygens (including phenoxy) is 1. The topological polar surface area (TPSA) is 61.9 Å². The summed E-state index contributed by atoms with van der Waals surface area (Å²) in [7, 11) is 1.59. The second-order valence-corrected chi connectivity index (χ2v) is 9.31. The predicted molar refractivity (Wildman–Crippen MR) is 120 cm³/mol. The summed E-state index contributed by atoms with van der Waals surface area (Å²) in [5.41, 5.74) is 2.41. The fourth-order valence-corrected chi connectivity index (χ4v) is 5.65. The number of nitrogens with zero attached hydrogens (tertiary/aromatic N) is 2. The van der Waals surface area contributed by atoms with Gasteiger partial charge in [-0.05, 0) is 43.7 Å². The van der Waals surface area contributed by atoms with E-state index in [-0.39, 0.29) is 18.0 Å². The summed E-state index contributed by atoms with van der Waals surface area (Å²) in [5.74, 6) is 1.19. The zero-order valence-corrected chi connectivity index (χ0v) is 18.7. The number of hydrogen-bond acceptors (Lipinski definition) is 4. The first-order chi connectivity index (χ1) is 14.4. The minimum atomic E-state index is -1.11. The Bertz CT molecular complexity index is 999. The molecule has 2 aromatic rings. The smallest absolute Gasteiger partial charge is 0.319 e. The molecule has 1 fully saturated rings. The van der Waals surface area contributed by atoms with E-state index in [0.29, 0.717) is 29.6 Å². The molecule has 0 bridgehead atoms. The van der Waals surface area contributed by atoms with Crippen LogP contribution in [0, 0.1) is 0 Å². The third kappa shape index (κ3) is 3.30. The van der Waals surface area contributed by atoms with E-state index in [1.54, 1.807) is 16.9 Å². The fraction of sp³-hybridized carbons (Fsp3) is 0.364. The SMILES string of the molecule is COc1ccc2c(c1)[C@]1(SCCN1C(=O)NC(C)C)C(=O)N2Cc1ccccc1Cl. The second-order valence-electron chi connectivity index (χ2n) is 7.61. The maximum absolute atomic E-state index is 13.9. The molecule has 8 heteroatoms. The number of urea groups is 1. The summed E-state index contributed by atoms with van der Waals surface area (Å²) < 4.78 is 5.43. The number of halogens is 1. The van der Waals surface area contributed by atoms with E-state index in [4.69, 9.17) is 16.3 Å². The van der Waals surface area contributed by atoms with Gasteiger partial charge in [0.05, 0.1) is 19.3 Å².